The van der Waals surface area contributed by atoms with Gasteiger partial charge in [-0.05, 0) is 70.3 Å². The first-order chi connectivity index (χ1) is 34.4. The number of unbranched alkanes of at least 4 members (excludes halogenated alkanes) is 29. The van der Waals surface area contributed by atoms with Crippen molar-refractivity contribution in [1.29, 1.82) is 0 Å². The molecule has 2 N–H and O–H groups in total. The quantitative estimate of drug-likeness (QED) is 0.0205. The monoisotopic (exact) mass is 1020 g/mol. The molecule has 0 aromatic rings. The summed E-state index contributed by atoms with van der Waals surface area (Å²) in [6, 6.07) is -0.863. The van der Waals surface area contributed by atoms with Crippen molar-refractivity contribution in [1.82, 2.24) is 5.32 Å². The van der Waals surface area contributed by atoms with Crippen molar-refractivity contribution < 1.29 is 37.3 Å². The second kappa shape index (κ2) is 51.2. The fraction of sp³-hybridized carbons (Fsp3) is 0.803. The molecule has 0 aliphatic carbocycles. The van der Waals surface area contributed by atoms with Crippen LogP contribution >= 0.6 is 7.82 Å². The summed E-state index contributed by atoms with van der Waals surface area (Å²) in [5, 5.41) is 3.03. The molecule has 10 heteroatoms. The highest BCUT2D eigenvalue weighted by Crippen LogP contribution is 2.43. The van der Waals surface area contributed by atoms with Crippen LogP contribution in [0.2, 0.25) is 0 Å². The number of esters is 1. The molecule has 0 rings (SSSR count). The van der Waals surface area contributed by atoms with Gasteiger partial charge in [0.15, 0.2) is 0 Å². The van der Waals surface area contributed by atoms with Gasteiger partial charge in [0.05, 0.1) is 33.8 Å². The van der Waals surface area contributed by atoms with E-state index < -0.39 is 20.0 Å². The van der Waals surface area contributed by atoms with Crippen molar-refractivity contribution >= 4 is 19.7 Å². The summed E-state index contributed by atoms with van der Waals surface area (Å²) in [6.45, 7) is 6.88. The Balaban J connectivity index is 5.35. The number of nitrogens with zero attached hydrogens (tertiary/aromatic N) is 1. The minimum Gasteiger partial charge on any atom is -0.456 e. The lowest BCUT2D eigenvalue weighted by atomic mass is 10.0. The molecule has 0 radical (unpaired) electrons. The first-order valence-electron chi connectivity index (χ1n) is 29.6. The average molecular weight is 1020 g/mol. The maximum Gasteiger partial charge on any atom is 0.472 e. The van der Waals surface area contributed by atoms with E-state index in [4.69, 9.17) is 13.8 Å². The van der Waals surface area contributed by atoms with Crippen LogP contribution in [0.15, 0.2) is 60.8 Å². The highest BCUT2D eigenvalue weighted by atomic mass is 31.2. The van der Waals surface area contributed by atoms with Gasteiger partial charge >= 0.3 is 13.8 Å². The predicted molar refractivity (Wildman–Crippen MR) is 305 cm³/mol. The van der Waals surface area contributed by atoms with Gasteiger partial charge in [-0.2, -0.15) is 0 Å². The van der Waals surface area contributed by atoms with Crippen molar-refractivity contribution in [2.45, 2.75) is 277 Å². The van der Waals surface area contributed by atoms with Crippen molar-refractivity contribution in [2.24, 2.45) is 0 Å². The van der Waals surface area contributed by atoms with Crippen LogP contribution in [0.3, 0.4) is 0 Å². The number of nitrogens with one attached hydrogen (secondary N) is 1. The summed E-state index contributed by atoms with van der Waals surface area (Å²) in [6.07, 6.45) is 63.6. The lowest BCUT2D eigenvalue weighted by Gasteiger charge is -2.27. The zero-order valence-electron chi connectivity index (χ0n) is 47.2. The molecule has 0 aliphatic rings. The summed E-state index contributed by atoms with van der Waals surface area (Å²) >= 11 is 0. The van der Waals surface area contributed by atoms with E-state index in [1.807, 2.05) is 33.3 Å². The summed E-state index contributed by atoms with van der Waals surface area (Å²) in [7, 11) is 1.48. The van der Waals surface area contributed by atoms with Gasteiger partial charge < -0.3 is 19.4 Å². The molecule has 3 atom stereocenters. The number of amides is 1. The minimum absolute atomic E-state index is 0.0335. The van der Waals surface area contributed by atoms with E-state index in [1.54, 1.807) is 0 Å². The van der Waals surface area contributed by atoms with Gasteiger partial charge in [-0.3, -0.25) is 18.6 Å². The van der Waals surface area contributed by atoms with Gasteiger partial charge in [0.25, 0.3) is 0 Å². The fourth-order valence-electron chi connectivity index (χ4n) is 8.40. The SMILES string of the molecule is CC/C=C/C/C=C/C/C=C/C/C=C/CCCCCC(=O)NC(COP(=O)(O)OCC[N+](C)(C)C)C(/C=C/CCCCCCCCCCCC)OC(=O)CCCCCCCCCCCCCCCCCCC. The highest BCUT2D eigenvalue weighted by Gasteiger charge is 2.30. The lowest BCUT2D eigenvalue weighted by molar-refractivity contribution is -0.870. The number of phosphoric acid groups is 1. The summed E-state index contributed by atoms with van der Waals surface area (Å²) in [5.74, 6) is -0.535. The van der Waals surface area contributed by atoms with Gasteiger partial charge in [-0.15, -0.1) is 0 Å². The van der Waals surface area contributed by atoms with Crippen LogP contribution in [0.4, 0.5) is 0 Å². The molecule has 3 unspecified atom stereocenters. The number of ether oxygens (including phenoxy) is 1. The van der Waals surface area contributed by atoms with Crippen LogP contribution in [0.5, 0.6) is 0 Å². The van der Waals surface area contributed by atoms with Crippen LogP contribution < -0.4 is 5.32 Å². The Morgan fingerprint density at radius 1 is 0.507 bits per heavy atom. The van der Waals surface area contributed by atoms with Crippen LogP contribution in [0, 0.1) is 0 Å². The Kier molecular flexibility index (Phi) is 49.6. The maximum absolute atomic E-state index is 13.5. The molecular weight excluding hydrogens is 904 g/mol. The Labute approximate surface area is 439 Å². The van der Waals surface area contributed by atoms with Crippen LogP contribution in [0.1, 0.15) is 265 Å². The number of hydrogen-bond acceptors (Lipinski definition) is 6. The Hall–Kier alpha value is -2.29. The van der Waals surface area contributed by atoms with Gasteiger partial charge in [-0.25, -0.2) is 4.57 Å². The first-order valence-corrected chi connectivity index (χ1v) is 31.1. The van der Waals surface area contributed by atoms with Crippen molar-refractivity contribution in [3.8, 4) is 0 Å². The van der Waals surface area contributed by atoms with Crippen LogP contribution in [-0.2, 0) is 27.9 Å². The third-order valence-electron chi connectivity index (χ3n) is 13.0. The van der Waals surface area contributed by atoms with Crippen molar-refractivity contribution in [3.63, 3.8) is 0 Å². The molecule has 0 aromatic carbocycles. The Morgan fingerprint density at radius 2 is 0.901 bits per heavy atom. The zero-order valence-corrected chi connectivity index (χ0v) is 48.1. The average Bonchev–Trinajstić information content (AvgIpc) is 3.33. The van der Waals surface area contributed by atoms with E-state index in [2.05, 4.69) is 74.7 Å². The number of quaternary nitrogens is 1. The lowest BCUT2D eigenvalue weighted by Crippen LogP contribution is -2.47. The number of carbonyl (C=O) groups is 2. The Morgan fingerprint density at radius 3 is 1.37 bits per heavy atom. The minimum atomic E-state index is -4.45. The second-order valence-corrected chi connectivity index (χ2v) is 22.6. The molecule has 0 heterocycles. The molecule has 71 heavy (non-hydrogen) atoms. The number of phosphoric ester groups is 1. The van der Waals surface area contributed by atoms with Crippen molar-refractivity contribution in [3.05, 3.63) is 60.8 Å². The molecule has 0 saturated heterocycles. The molecular formula is C61H114N2O7P+. The van der Waals surface area contributed by atoms with E-state index in [-0.39, 0.29) is 31.5 Å². The van der Waals surface area contributed by atoms with E-state index >= 15 is 0 Å². The number of allylic oxidation sites excluding steroid dienone is 9. The third-order valence-corrected chi connectivity index (χ3v) is 14.0. The summed E-state index contributed by atoms with van der Waals surface area (Å²) in [4.78, 5) is 37.6. The van der Waals surface area contributed by atoms with Crippen LogP contribution in [-0.4, -0.2) is 74.3 Å². The smallest absolute Gasteiger partial charge is 0.456 e. The molecule has 1 amide bonds. The standard InChI is InChI=1S/C61H113N2O7P/c1-7-10-13-16-19-22-25-28-30-32-34-36-39-42-45-48-51-54-61(65)70-59(52-49-46-43-40-37-27-24-21-18-15-12-9-3)58(57-69-71(66,67)68-56-55-63(4,5)6)62-60(64)53-50-47-44-41-38-35-33-31-29-26-23-20-17-14-11-8-2/h11,14,20,23,29,31,35,38,49,52,58-59H,7-10,12-13,15-19,21-22,24-28,30,32-34,36-37,39-48,50-51,53-57H2,1-6H3,(H-,62,64,66,67)/p+1/b14-11+,23-20+,31-29+,38-35+,52-49+. The molecule has 9 nitrogen and oxygen atoms in total. The second-order valence-electron chi connectivity index (χ2n) is 21.1. The third kappa shape index (κ3) is 52.4. The largest absolute Gasteiger partial charge is 0.472 e. The predicted octanol–water partition coefficient (Wildman–Crippen LogP) is 17.9. The topological polar surface area (TPSA) is 111 Å². The fourth-order valence-corrected chi connectivity index (χ4v) is 9.14. The molecule has 0 aromatic heterocycles. The Bertz CT molecular complexity index is 1400. The summed E-state index contributed by atoms with van der Waals surface area (Å²) in [5.41, 5.74) is 0. The number of likely N-dealkylation sites (N-methyl/N-ethyl adjacent to an activating group) is 1. The summed E-state index contributed by atoms with van der Waals surface area (Å²) < 4.78 is 30.6. The highest BCUT2D eigenvalue weighted by molar-refractivity contribution is 7.47. The number of carbonyl (C=O) groups excluding carboxylic acids is 2. The zero-order chi connectivity index (χ0) is 52.2. The molecule has 0 fully saturated rings. The molecule has 0 bridgehead atoms. The number of hydrogen-bond donors (Lipinski definition) is 2. The molecule has 0 aliphatic heterocycles. The van der Waals surface area contributed by atoms with E-state index in [0.29, 0.717) is 23.9 Å². The molecule has 0 spiro atoms. The molecule has 0 saturated carbocycles. The van der Waals surface area contributed by atoms with E-state index in [1.165, 1.54) is 141 Å². The van der Waals surface area contributed by atoms with E-state index in [0.717, 1.165) is 83.5 Å². The van der Waals surface area contributed by atoms with E-state index in [9.17, 15) is 19.0 Å². The van der Waals surface area contributed by atoms with Gasteiger partial charge in [0, 0.05) is 12.8 Å². The number of rotatable bonds is 53. The molecule has 414 valence electrons. The van der Waals surface area contributed by atoms with Gasteiger partial charge in [0.1, 0.15) is 19.3 Å². The maximum atomic E-state index is 13.5. The van der Waals surface area contributed by atoms with Gasteiger partial charge in [-0.1, -0.05) is 242 Å². The first kappa shape index (κ1) is 68.7. The van der Waals surface area contributed by atoms with Crippen molar-refractivity contribution in [2.75, 3.05) is 40.9 Å². The normalized spacial score (nSPS) is 14.2. The van der Waals surface area contributed by atoms with Gasteiger partial charge in [0.2, 0.25) is 5.91 Å². The van der Waals surface area contributed by atoms with Crippen LogP contribution in [0.25, 0.3) is 0 Å².